The van der Waals surface area contributed by atoms with Crippen molar-refractivity contribution in [2.24, 2.45) is 0 Å². The van der Waals surface area contributed by atoms with Gasteiger partial charge in [-0.2, -0.15) is 0 Å². The Morgan fingerprint density at radius 3 is 2.77 bits per heavy atom. The third kappa shape index (κ3) is 3.56. The summed E-state index contributed by atoms with van der Waals surface area (Å²) in [5.74, 6) is 1.55. The van der Waals surface area contributed by atoms with Crippen molar-refractivity contribution < 1.29 is 18.5 Å². The number of thiazole rings is 1. The molecular weight excluding hydrogens is 372 g/mol. The van der Waals surface area contributed by atoms with Gasteiger partial charge in [-0.3, -0.25) is 14.3 Å². The normalized spacial score (nSPS) is 14.2. The number of anilines is 1. The van der Waals surface area contributed by atoms with E-state index < -0.39 is 10.8 Å². The Morgan fingerprint density at radius 1 is 1.23 bits per heavy atom. The fraction of sp³-hybridized carbons (Fsp3) is 0.222. The monoisotopic (exact) mass is 388 g/mol. The maximum Gasteiger partial charge on any atom is 0.257 e. The molecule has 6 nitrogen and oxygen atoms in total. The lowest BCUT2D eigenvalue weighted by atomic mass is 10.1. The minimum atomic E-state index is -0.954. The summed E-state index contributed by atoms with van der Waals surface area (Å²) in [7, 11) is -0.954. The number of nitrogens with zero attached hydrogens (tertiary/aromatic N) is 1. The van der Waals surface area contributed by atoms with Gasteiger partial charge in [0.25, 0.3) is 5.91 Å². The molecule has 3 aromatic rings. The summed E-state index contributed by atoms with van der Waals surface area (Å²) in [5.41, 5.74) is 2.13. The van der Waals surface area contributed by atoms with E-state index in [1.165, 1.54) is 11.3 Å². The van der Waals surface area contributed by atoms with Crippen LogP contribution in [0.5, 0.6) is 11.5 Å². The Labute approximate surface area is 156 Å². The Balaban J connectivity index is 1.57. The lowest BCUT2D eigenvalue weighted by Gasteiger charge is -2.17. The molecule has 2 heterocycles. The smallest absolute Gasteiger partial charge is 0.257 e. The highest BCUT2D eigenvalue weighted by molar-refractivity contribution is 7.83. The average Bonchev–Trinajstić information content (AvgIpc) is 3.00. The number of hydrogen-bond acceptors (Lipinski definition) is 6. The second-order valence-electron chi connectivity index (χ2n) is 5.85. The second kappa shape index (κ2) is 7.05. The molecule has 1 N–H and O–H groups in total. The van der Waals surface area contributed by atoms with Gasteiger partial charge in [0, 0.05) is 40.5 Å². The van der Waals surface area contributed by atoms with Crippen LogP contribution in [0.3, 0.4) is 0 Å². The van der Waals surface area contributed by atoms with Crippen LogP contribution in [0.15, 0.2) is 36.4 Å². The molecular formula is C18H16N2O4S2. The maximum absolute atomic E-state index is 12.5. The minimum absolute atomic E-state index is 0.245. The third-order valence-corrected chi connectivity index (χ3v) is 5.51. The lowest BCUT2D eigenvalue weighted by molar-refractivity contribution is 0.102. The third-order valence-electron chi connectivity index (χ3n) is 3.83. The van der Waals surface area contributed by atoms with Crippen molar-refractivity contribution in [3.63, 3.8) is 0 Å². The first-order valence-corrected chi connectivity index (χ1v) is 10.5. The van der Waals surface area contributed by atoms with Gasteiger partial charge in [0.05, 0.1) is 10.2 Å². The van der Waals surface area contributed by atoms with Crippen molar-refractivity contribution in [3.05, 3.63) is 47.5 Å². The van der Waals surface area contributed by atoms with Crippen molar-refractivity contribution in [3.8, 4) is 11.5 Å². The number of carbonyl (C=O) groups is 1. The predicted octanol–water partition coefficient (Wildman–Crippen LogP) is 3.20. The highest BCUT2D eigenvalue weighted by Gasteiger charge is 2.16. The van der Waals surface area contributed by atoms with Gasteiger partial charge < -0.3 is 9.47 Å². The minimum Gasteiger partial charge on any atom is -0.486 e. The molecule has 1 aromatic heterocycles. The molecule has 0 spiro atoms. The van der Waals surface area contributed by atoms with Crippen LogP contribution in [0.25, 0.3) is 10.2 Å². The lowest BCUT2D eigenvalue weighted by Crippen LogP contribution is -2.15. The van der Waals surface area contributed by atoms with Crippen LogP contribution in [0.1, 0.15) is 15.9 Å². The Morgan fingerprint density at radius 2 is 2.00 bits per heavy atom. The number of benzene rings is 2. The van der Waals surface area contributed by atoms with Crippen molar-refractivity contribution in [1.29, 1.82) is 0 Å². The van der Waals surface area contributed by atoms with Crippen molar-refractivity contribution in [2.45, 2.75) is 5.75 Å². The van der Waals surface area contributed by atoms with Gasteiger partial charge in [-0.15, -0.1) is 0 Å². The molecule has 8 heteroatoms. The largest absolute Gasteiger partial charge is 0.486 e. The molecule has 0 saturated heterocycles. The number of nitrogens with one attached hydrogen (secondary N) is 1. The summed E-state index contributed by atoms with van der Waals surface area (Å²) in [4.78, 5) is 17.0. The molecule has 1 aliphatic rings. The van der Waals surface area contributed by atoms with Crippen molar-refractivity contribution >= 4 is 43.4 Å². The topological polar surface area (TPSA) is 77.5 Å². The molecule has 0 fully saturated rings. The van der Waals surface area contributed by atoms with E-state index in [0.717, 1.165) is 15.8 Å². The van der Waals surface area contributed by atoms with E-state index in [-0.39, 0.29) is 5.91 Å². The predicted molar refractivity (Wildman–Crippen MR) is 103 cm³/mol. The van der Waals surface area contributed by atoms with E-state index in [9.17, 15) is 9.00 Å². The SMILES string of the molecule is CS(=O)Cc1cccc(C(=O)Nc2nc3cc4c(cc3s2)OCCO4)c1. The Bertz CT molecular complexity index is 973. The molecule has 2 aromatic carbocycles. The van der Waals surface area contributed by atoms with Gasteiger partial charge in [0.1, 0.15) is 13.2 Å². The standard InChI is InChI=1S/C18H16N2O4S2/c1-26(22)10-11-3-2-4-12(7-11)17(21)20-18-19-13-8-14-15(9-16(13)25-18)24-6-5-23-14/h2-4,7-9H,5-6,10H2,1H3,(H,19,20,21). The van der Waals surface area contributed by atoms with Gasteiger partial charge in [-0.1, -0.05) is 23.5 Å². The van der Waals surface area contributed by atoms with Gasteiger partial charge in [-0.25, -0.2) is 4.98 Å². The quantitative estimate of drug-likeness (QED) is 0.743. The average molecular weight is 388 g/mol. The van der Waals surface area contributed by atoms with E-state index in [4.69, 9.17) is 9.47 Å². The highest BCUT2D eigenvalue weighted by atomic mass is 32.2. The molecule has 0 radical (unpaired) electrons. The van der Waals surface area contributed by atoms with Crippen LogP contribution in [0.4, 0.5) is 5.13 Å². The first-order valence-electron chi connectivity index (χ1n) is 7.99. The summed E-state index contributed by atoms with van der Waals surface area (Å²) >= 11 is 1.38. The summed E-state index contributed by atoms with van der Waals surface area (Å²) in [6.07, 6.45) is 1.64. The molecule has 4 rings (SSSR count). The van der Waals surface area contributed by atoms with Crippen LogP contribution >= 0.6 is 11.3 Å². The first-order chi connectivity index (χ1) is 12.6. The second-order valence-corrected chi connectivity index (χ2v) is 8.32. The van der Waals surface area contributed by atoms with Gasteiger partial charge in [0.15, 0.2) is 16.6 Å². The first kappa shape index (κ1) is 17.0. The summed E-state index contributed by atoms with van der Waals surface area (Å²) < 4.78 is 23.4. The van der Waals surface area contributed by atoms with E-state index in [0.29, 0.717) is 41.2 Å². The number of amides is 1. The van der Waals surface area contributed by atoms with Crippen LogP contribution < -0.4 is 14.8 Å². The summed E-state index contributed by atoms with van der Waals surface area (Å²) in [6, 6.07) is 10.8. The van der Waals surface area contributed by atoms with Crippen LogP contribution in [0.2, 0.25) is 0 Å². The van der Waals surface area contributed by atoms with Crippen LogP contribution in [0, 0.1) is 0 Å². The fourth-order valence-corrected chi connectivity index (χ4v) is 4.24. The molecule has 1 aliphatic heterocycles. The zero-order valence-electron chi connectivity index (χ0n) is 14.0. The van der Waals surface area contributed by atoms with Crippen LogP contribution in [-0.4, -0.2) is 34.6 Å². The summed E-state index contributed by atoms with van der Waals surface area (Å²) in [6.45, 7) is 1.05. The Kier molecular flexibility index (Phi) is 4.60. The van der Waals surface area contributed by atoms with E-state index in [1.54, 1.807) is 24.5 Å². The molecule has 1 amide bonds. The zero-order valence-corrected chi connectivity index (χ0v) is 15.6. The Hall–Kier alpha value is -2.45. The maximum atomic E-state index is 12.5. The highest BCUT2D eigenvalue weighted by Crippen LogP contribution is 2.37. The van der Waals surface area contributed by atoms with Gasteiger partial charge in [-0.05, 0) is 17.7 Å². The van der Waals surface area contributed by atoms with Gasteiger partial charge in [0.2, 0.25) is 0 Å². The van der Waals surface area contributed by atoms with Crippen molar-refractivity contribution in [1.82, 2.24) is 4.98 Å². The number of aromatic nitrogens is 1. The molecule has 134 valence electrons. The number of ether oxygens (including phenoxy) is 2. The van der Waals surface area contributed by atoms with Crippen molar-refractivity contribution in [2.75, 3.05) is 24.8 Å². The van der Waals surface area contributed by atoms with E-state index in [2.05, 4.69) is 10.3 Å². The molecule has 0 saturated carbocycles. The van der Waals surface area contributed by atoms with Gasteiger partial charge >= 0.3 is 0 Å². The van der Waals surface area contributed by atoms with E-state index >= 15 is 0 Å². The molecule has 1 unspecified atom stereocenters. The van der Waals surface area contributed by atoms with Crippen LogP contribution in [-0.2, 0) is 16.6 Å². The molecule has 0 aliphatic carbocycles. The number of fused-ring (bicyclic) bond motifs is 2. The molecule has 0 bridgehead atoms. The number of rotatable bonds is 4. The zero-order chi connectivity index (χ0) is 18.1. The van der Waals surface area contributed by atoms with E-state index in [1.807, 2.05) is 18.2 Å². The number of hydrogen-bond donors (Lipinski definition) is 1. The summed E-state index contributed by atoms with van der Waals surface area (Å²) in [5, 5.41) is 3.34. The molecule has 1 atom stereocenters. The fourth-order valence-electron chi connectivity index (χ4n) is 2.72. The molecule has 26 heavy (non-hydrogen) atoms. The number of carbonyl (C=O) groups excluding carboxylic acids is 1.